The Morgan fingerprint density at radius 3 is 2.58 bits per heavy atom. The lowest BCUT2D eigenvalue weighted by molar-refractivity contribution is 0.102. The lowest BCUT2D eigenvalue weighted by atomic mass is 10.1. The van der Waals surface area contributed by atoms with Crippen LogP contribution in [0.15, 0.2) is 36.5 Å². The Morgan fingerprint density at radius 2 is 1.85 bits per heavy atom. The number of carbonyl (C=O) groups excluding carboxylic acids is 1. The number of pyridine rings is 1. The normalized spacial score (nSPS) is 15.5. The molecule has 0 spiro atoms. The van der Waals surface area contributed by atoms with Gasteiger partial charge < -0.3 is 20.3 Å². The van der Waals surface area contributed by atoms with Crippen molar-refractivity contribution >= 4 is 42.2 Å². The Kier molecular flexibility index (Phi) is 7.23. The fourth-order valence-electron chi connectivity index (χ4n) is 3.08. The molecule has 1 aromatic carbocycles. The van der Waals surface area contributed by atoms with E-state index in [2.05, 4.69) is 20.5 Å². The zero-order valence-corrected chi connectivity index (χ0v) is 15.9. The molecular weight excluding hydrogens is 375 g/mol. The minimum atomic E-state index is -0.106. The number of hydrogen-bond donors (Lipinski definition) is 2. The first-order valence-electron chi connectivity index (χ1n) is 8.22. The average molecular weight is 397 g/mol. The maximum Gasteiger partial charge on any atom is 0.255 e. The lowest BCUT2D eigenvalue weighted by Gasteiger charge is -2.27. The van der Waals surface area contributed by atoms with Crippen molar-refractivity contribution in [2.75, 3.05) is 36.5 Å². The zero-order valence-electron chi connectivity index (χ0n) is 14.2. The maximum absolute atomic E-state index is 12.4. The van der Waals surface area contributed by atoms with Gasteiger partial charge in [-0.25, -0.2) is 4.98 Å². The van der Waals surface area contributed by atoms with E-state index >= 15 is 0 Å². The summed E-state index contributed by atoms with van der Waals surface area (Å²) in [6, 6.07) is 9.68. The highest BCUT2D eigenvalue weighted by molar-refractivity contribution is 6.04. The van der Waals surface area contributed by atoms with E-state index in [1.165, 1.54) is 11.1 Å². The zero-order chi connectivity index (χ0) is 16.4. The fourth-order valence-corrected chi connectivity index (χ4v) is 3.08. The molecule has 140 valence electrons. The van der Waals surface area contributed by atoms with Gasteiger partial charge in [-0.1, -0.05) is 6.07 Å². The largest absolute Gasteiger partial charge is 0.378 e. The van der Waals surface area contributed by atoms with Crippen LogP contribution in [0, 0.1) is 0 Å². The molecule has 0 aliphatic carbocycles. The number of carbonyl (C=O) groups is 1. The molecule has 2 aromatic rings. The highest BCUT2D eigenvalue weighted by Gasteiger charge is 2.15. The second-order valence-corrected chi connectivity index (χ2v) is 6.05. The molecule has 2 aliphatic rings. The first kappa shape index (κ1) is 20.5. The van der Waals surface area contributed by atoms with Gasteiger partial charge in [0.25, 0.3) is 5.91 Å². The van der Waals surface area contributed by atoms with Crippen LogP contribution in [0.5, 0.6) is 0 Å². The molecule has 3 heterocycles. The molecule has 0 unspecified atom stereocenters. The predicted molar refractivity (Wildman–Crippen MR) is 107 cm³/mol. The summed E-state index contributed by atoms with van der Waals surface area (Å²) in [7, 11) is 0. The minimum Gasteiger partial charge on any atom is -0.378 e. The summed E-state index contributed by atoms with van der Waals surface area (Å²) < 4.78 is 5.35. The van der Waals surface area contributed by atoms with E-state index in [0.29, 0.717) is 11.3 Å². The van der Waals surface area contributed by atoms with Crippen LogP contribution >= 0.6 is 24.8 Å². The Balaban J connectivity index is 0.00000121. The second kappa shape index (κ2) is 9.19. The van der Waals surface area contributed by atoms with Crippen LogP contribution in [-0.2, 0) is 17.8 Å². The molecule has 8 heteroatoms. The van der Waals surface area contributed by atoms with Gasteiger partial charge in [-0.2, -0.15) is 0 Å². The average Bonchev–Trinajstić information content (AvgIpc) is 3.11. The standard InChI is InChI=1S/C18H20N4O2.2ClH/c23-18(13-1-2-14-10-19-11-15(14)9-13)21-16-3-4-17(20-12-16)22-5-7-24-8-6-22;;/h1-4,9,12,19H,5-8,10-11H2,(H,21,23);2*1H. The van der Waals surface area contributed by atoms with E-state index in [1.807, 2.05) is 30.3 Å². The molecular formula is C18H22Cl2N4O2. The van der Waals surface area contributed by atoms with Crippen molar-refractivity contribution in [3.63, 3.8) is 0 Å². The molecule has 0 atom stereocenters. The van der Waals surface area contributed by atoms with Crippen molar-refractivity contribution in [3.8, 4) is 0 Å². The molecule has 26 heavy (non-hydrogen) atoms. The van der Waals surface area contributed by atoms with Gasteiger partial charge in [0.1, 0.15) is 5.82 Å². The van der Waals surface area contributed by atoms with E-state index in [9.17, 15) is 4.79 Å². The number of benzene rings is 1. The molecule has 1 amide bonds. The Morgan fingerprint density at radius 1 is 1.08 bits per heavy atom. The van der Waals surface area contributed by atoms with Crippen molar-refractivity contribution in [1.82, 2.24) is 10.3 Å². The molecule has 1 saturated heterocycles. The topological polar surface area (TPSA) is 66.5 Å². The summed E-state index contributed by atoms with van der Waals surface area (Å²) in [4.78, 5) is 19.1. The number of fused-ring (bicyclic) bond motifs is 1. The summed E-state index contributed by atoms with van der Waals surface area (Å²) in [6.07, 6.45) is 1.71. The molecule has 1 fully saturated rings. The van der Waals surface area contributed by atoms with Gasteiger partial charge in [0.05, 0.1) is 25.1 Å². The summed E-state index contributed by atoms with van der Waals surface area (Å²) in [5, 5.41) is 6.20. The fraction of sp³-hybridized carbons (Fsp3) is 0.333. The third-order valence-corrected chi connectivity index (χ3v) is 4.44. The van der Waals surface area contributed by atoms with Gasteiger partial charge in [0.15, 0.2) is 0 Å². The molecule has 0 bridgehead atoms. The minimum absolute atomic E-state index is 0. The number of ether oxygens (including phenoxy) is 1. The Hall–Kier alpha value is -1.86. The summed E-state index contributed by atoms with van der Waals surface area (Å²) in [5.74, 6) is 0.811. The van der Waals surface area contributed by atoms with Crippen LogP contribution in [0.1, 0.15) is 21.5 Å². The van der Waals surface area contributed by atoms with E-state index < -0.39 is 0 Å². The van der Waals surface area contributed by atoms with E-state index in [0.717, 1.165) is 45.2 Å². The van der Waals surface area contributed by atoms with Crippen LogP contribution < -0.4 is 15.5 Å². The second-order valence-electron chi connectivity index (χ2n) is 6.05. The van der Waals surface area contributed by atoms with Gasteiger partial charge in [-0.3, -0.25) is 4.79 Å². The predicted octanol–water partition coefficient (Wildman–Crippen LogP) is 2.62. The van der Waals surface area contributed by atoms with Gasteiger partial charge in [0.2, 0.25) is 0 Å². The van der Waals surface area contributed by atoms with Crippen molar-refractivity contribution < 1.29 is 9.53 Å². The third-order valence-electron chi connectivity index (χ3n) is 4.44. The number of morpholine rings is 1. The van der Waals surface area contributed by atoms with Crippen molar-refractivity contribution in [2.45, 2.75) is 13.1 Å². The smallest absolute Gasteiger partial charge is 0.255 e. The first-order chi connectivity index (χ1) is 11.8. The number of nitrogens with one attached hydrogen (secondary N) is 2. The number of hydrogen-bond acceptors (Lipinski definition) is 5. The number of amides is 1. The monoisotopic (exact) mass is 396 g/mol. The Labute approximate surface area is 165 Å². The number of nitrogens with zero attached hydrogens (tertiary/aromatic N) is 2. The van der Waals surface area contributed by atoms with Gasteiger partial charge in [-0.05, 0) is 35.4 Å². The summed E-state index contributed by atoms with van der Waals surface area (Å²) >= 11 is 0. The lowest BCUT2D eigenvalue weighted by Crippen LogP contribution is -2.36. The maximum atomic E-state index is 12.4. The van der Waals surface area contributed by atoms with Gasteiger partial charge in [-0.15, -0.1) is 24.8 Å². The number of anilines is 2. The van der Waals surface area contributed by atoms with Crippen molar-refractivity contribution in [2.24, 2.45) is 0 Å². The number of rotatable bonds is 3. The van der Waals surface area contributed by atoms with Crippen LogP contribution in [0.3, 0.4) is 0 Å². The highest BCUT2D eigenvalue weighted by atomic mass is 35.5. The van der Waals surface area contributed by atoms with E-state index in [1.54, 1.807) is 6.20 Å². The third kappa shape index (κ3) is 4.45. The molecule has 2 aliphatic heterocycles. The SMILES string of the molecule is Cl.Cl.O=C(Nc1ccc(N2CCOCC2)nc1)c1ccc2c(c1)CNC2. The van der Waals surface area contributed by atoms with Crippen LogP contribution in [0.25, 0.3) is 0 Å². The first-order valence-corrected chi connectivity index (χ1v) is 8.22. The molecule has 0 radical (unpaired) electrons. The summed E-state index contributed by atoms with van der Waals surface area (Å²) in [6.45, 7) is 4.86. The quantitative estimate of drug-likeness (QED) is 0.834. The molecule has 0 saturated carbocycles. The van der Waals surface area contributed by atoms with Gasteiger partial charge in [0, 0.05) is 31.7 Å². The van der Waals surface area contributed by atoms with Crippen molar-refractivity contribution in [3.05, 3.63) is 53.2 Å². The van der Waals surface area contributed by atoms with Crippen LogP contribution in [0.2, 0.25) is 0 Å². The molecule has 4 rings (SSSR count). The summed E-state index contributed by atoms with van der Waals surface area (Å²) in [5.41, 5.74) is 3.84. The highest BCUT2D eigenvalue weighted by Crippen LogP contribution is 2.19. The molecule has 6 nitrogen and oxygen atoms in total. The van der Waals surface area contributed by atoms with E-state index in [-0.39, 0.29) is 30.7 Å². The van der Waals surface area contributed by atoms with E-state index in [4.69, 9.17) is 4.74 Å². The van der Waals surface area contributed by atoms with Gasteiger partial charge >= 0.3 is 0 Å². The molecule has 1 aromatic heterocycles. The molecule has 2 N–H and O–H groups in total. The number of halogens is 2. The van der Waals surface area contributed by atoms with Crippen molar-refractivity contribution in [1.29, 1.82) is 0 Å². The van der Waals surface area contributed by atoms with Crippen LogP contribution in [-0.4, -0.2) is 37.2 Å². The Bertz CT molecular complexity index is 749. The number of aromatic nitrogens is 1. The van der Waals surface area contributed by atoms with Crippen LogP contribution in [0.4, 0.5) is 11.5 Å².